The molecule has 1 amide bonds. The van der Waals surface area contributed by atoms with Crippen LogP contribution in [-0.2, 0) is 9.53 Å². The monoisotopic (exact) mass is 328 g/mol. The Kier molecular flexibility index (Phi) is 4.13. The molecule has 6 nitrogen and oxygen atoms in total. The lowest BCUT2D eigenvalue weighted by atomic mass is 9.88. The van der Waals surface area contributed by atoms with Crippen molar-refractivity contribution in [3.05, 3.63) is 47.9 Å². The van der Waals surface area contributed by atoms with Crippen molar-refractivity contribution < 1.29 is 18.7 Å². The zero-order chi connectivity index (χ0) is 17.3. The second kappa shape index (κ2) is 6.11. The summed E-state index contributed by atoms with van der Waals surface area (Å²) in [4.78, 5) is 30.3. The van der Waals surface area contributed by atoms with Crippen LogP contribution < -0.4 is 4.90 Å². The molecule has 1 aliphatic rings. The molecule has 1 fully saturated rings. The van der Waals surface area contributed by atoms with Crippen LogP contribution in [-0.4, -0.2) is 23.5 Å². The normalized spacial score (nSPS) is 19.5. The molecule has 1 aromatic carbocycles. The third-order valence-corrected chi connectivity index (χ3v) is 4.17. The van der Waals surface area contributed by atoms with Crippen molar-refractivity contribution in [3.63, 3.8) is 0 Å². The van der Waals surface area contributed by atoms with E-state index in [0.29, 0.717) is 6.42 Å². The Morgan fingerprint density at radius 2 is 2.08 bits per heavy atom. The molecule has 126 valence electrons. The van der Waals surface area contributed by atoms with Crippen LogP contribution in [0.3, 0.4) is 0 Å². The first kappa shape index (κ1) is 16.2. The largest absolute Gasteiger partial charge is 0.460 e. The standard InChI is InChI=1S/C18H20N2O4/c1-4-23-15(21)14-11-19-17(24-14)20-13(10-18(2,3)16(20)22)12-8-6-5-7-9-12/h5-9,11,13H,4,10H2,1-3H3. The molecule has 3 rings (SSSR count). The van der Waals surface area contributed by atoms with Crippen molar-refractivity contribution in [2.75, 3.05) is 11.5 Å². The lowest BCUT2D eigenvalue weighted by Crippen LogP contribution is -2.32. The molecule has 2 heterocycles. The highest BCUT2D eigenvalue weighted by Crippen LogP contribution is 2.45. The number of benzene rings is 1. The molecule has 0 radical (unpaired) electrons. The maximum absolute atomic E-state index is 12.8. The van der Waals surface area contributed by atoms with Gasteiger partial charge in [-0.15, -0.1) is 0 Å². The summed E-state index contributed by atoms with van der Waals surface area (Å²) in [5.41, 5.74) is 0.478. The highest BCUT2D eigenvalue weighted by Gasteiger charge is 2.48. The van der Waals surface area contributed by atoms with Crippen LogP contribution in [0.15, 0.2) is 40.9 Å². The van der Waals surface area contributed by atoms with Gasteiger partial charge in [0.1, 0.15) is 0 Å². The first-order chi connectivity index (χ1) is 11.4. The van der Waals surface area contributed by atoms with E-state index in [1.54, 1.807) is 6.92 Å². The Bertz CT molecular complexity index is 751. The van der Waals surface area contributed by atoms with Crippen molar-refractivity contribution in [1.29, 1.82) is 0 Å². The van der Waals surface area contributed by atoms with E-state index in [4.69, 9.17) is 9.15 Å². The molecule has 1 saturated heterocycles. The van der Waals surface area contributed by atoms with Gasteiger partial charge < -0.3 is 9.15 Å². The molecule has 6 heteroatoms. The maximum Gasteiger partial charge on any atom is 0.376 e. The molecular weight excluding hydrogens is 308 g/mol. The quantitative estimate of drug-likeness (QED) is 0.805. The summed E-state index contributed by atoms with van der Waals surface area (Å²) in [5.74, 6) is -0.664. The minimum atomic E-state index is -0.585. The van der Waals surface area contributed by atoms with E-state index in [-0.39, 0.29) is 30.3 Å². The number of amides is 1. The minimum absolute atomic E-state index is 0.00355. The van der Waals surface area contributed by atoms with E-state index < -0.39 is 11.4 Å². The fraction of sp³-hybridized carbons (Fsp3) is 0.389. The van der Waals surface area contributed by atoms with Crippen molar-refractivity contribution in [3.8, 4) is 0 Å². The number of ether oxygens (including phenoxy) is 1. The molecule has 0 spiro atoms. The summed E-state index contributed by atoms with van der Waals surface area (Å²) in [6, 6.07) is 9.69. The van der Waals surface area contributed by atoms with Crippen LogP contribution in [0.4, 0.5) is 6.01 Å². The number of oxazole rings is 1. The molecule has 1 aliphatic heterocycles. The smallest absolute Gasteiger partial charge is 0.376 e. The topological polar surface area (TPSA) is 72.6 Å². The predicted molar refractivity (Wildman–Crippen MR) is 87.5 cm³/mol. The molecule has 1 unspecified atom stereocenters. The second-order valence-corrected chi connectivity index (χ2v) is 6.42. The molecule has 0 N–H and O–H groups in total. The van der Waals surface area contributed by atoms with Crippen molar-refractivity contribution >= 4 is 17.9 Å². The third kappa shape index (κ3) is 2.79. The van der Waals surface area contributed by atoms with Gasteiger partial charge >= 0.3 is 12.0 Å². The molecule has 1 atom stereocenters. The van der Waals surface area contributed by atoms with Gasteiger partial charge in [0.25, 0.3) is 0 Å². The summed E-state index contributed by atoms with van der Waals surface area (Å²) in [5, 5.41) is 0. The highest BCUT2D eigenvalue weighted by atomic mass is 16.5. The van der Waals surface area contributed by atoms with Crippen molar-refractivity contribution in [2.45, 2.75) is 33.2 Å². The summed E-state index contributed by atoms with van der Waals surface area (Å²) in [6.45, 7) is 5.77. The van der Waals surface area contributed by atoms with E-state index in [1.807, 2.05) is 44.2 Å². The van der Waals surface area contributed by atoms with Gasteiger partial charge in [0.15, 0.2) is 0 Å². The number of nitrogens with zero attached hydrogens (tertiary/aromatic N) is 2. The maximum atomic E-state index is 12.8. The lowest BCUT2D eigenvalue weighted by Gasteiger charge is -2.21. The first-order valence-corrected chi connectivity index (χ1v) is 7.95. The number of hydrogen-bond acceptors (Lipinski definition) is 5. The van der Waals surface area contributed by atoms with E-state index in [0.717, 1.165) is 5.56 Å². The third-order valence-electron chi connectivity index (χ3n) is 4.17. The Balaban J connectivity index is 1.97. The lowest BCUT2D eigenvalue weighted by molar-refractivity contribution is -0.124. The average molecular weight is 328 g/mol. The van der Waals surface area contributed by atoms with Crippen LogP contribution >= 0.6 is 0 Å². The Morgan fingerprint density at radius 1 is 1.38 bits per heavy atom. The molecule has 0 saturated carbocycles. The van der Waals surface area contributed by atoms with Gasteiger partial charge in [-0.2, -0.15) is 0 Å². The molecule has 0 bridgehead atoms. The fourth-order valence-corrected chi connectivity index (χ4v) is 2.96. The van der Waals surface area contributed by atoms with E-state index in [1.165, 1.54) is 11.1 Å². The summed E-state index contributed by atoms with van der Waals surface area (Å²) < 4.78 is 10.4. The molecular formula is C18H20N2O4. The van der Waals surface area contributed by atoms with Crippen LogP contribution in [0.5, 0.6) is 0 Å². The Labute approximate surface area is 140 Å². The van der Waals surface area contributed by atoms with Gasteiger partial charge in [-0.25, -0.2) is 9.78 Å². The van der Waals surface area contributed by atoms with E-state index in [9.17, 15) is 9.59 Å². The minimum Gasteiger partial charge on any atom is -0.460 e. The summed E-state index contributed by atoms with van der Waals surface area (Å²) in [7, 11) is 0. The number of carbonyl (C=O) groups is 2. The van der Waals surface area contributed by atoms with Crippen LogP contribution in [0.2, 0.25) is 0 Å². The number of aromatic nitrogens is 1. The van der Waals surface area contributed by atoms with Gasteiger partial charge in [-0.1, -0.05) is 44.2 Å². The Morgan fingerprint density at radius 3 is 2.75 bits per heavy atom. The SMILES string of the molecule is CCOC(=O)c1cnc(N2C(=O)C(C)(C)CC2c2ccccc2)o1. The molecule has 0 aliphatic carbocycles. The predicted octanol–water partition coefficient (Wildman–Crippen LogP) is 3.36. The molecule has 2 aromatic rings. The van der Waals surface area contributed by atoms with Gasteiger partial charge in [-0.05, 0) is 18.9 Å². The van der Waals surface area contributed by atoms with Crippen LogP contribution in [0, 0.1) is 5.41 Å². The van der Waals surface area contributed by atoms with Gasteiger partial charge in [0.05, 0.1) is 18.8 Å². The van der Waals surface area contributed by atoms with Crippen molar-refractivity contribution in [1.82, 2.24) is 4.98 Å². The van der Waals surface area contributed by atoms with Gasteiger partial charge in [-0.3, -0.25) is 9.69 Å². The molecule has 1 aromatic heterocycles. The number of carbonyl (C=O) groups excluding carboxylic acids is 2. The van der Waals surface area contributed by atoms with E-state index >= 15 is 0 Å². The second-order valence-electron chi connectivity index (χ2n) is 6.42. The first-order valence-electron chi connectivity index (χ1n) is 7.95. The average Bonchev–Trinajstić information content (AvgIpc) is 3.12. The number of esters is 1. The summed E-state index contributed by atoms with van der Waals surface area (Å²) >= 11 is 0. The van der Waals surface area contributed by atoms with Crippen LogP contribution in [0.25, 0.3) is 0 Å². The Hall–Kier alpha value is -2.63. The van der Waals surface area contributed by atoms with Gasteiger partial charge in [0.2, 0.25) is 11.7 Å². The number of rotatable bonds is 4. The molecule has 24 heavy (non-hydrogen) atoms. The number of hydrogen-bond donors (Lipinski definition) is 0. The summed E-state index contributed by atoms with van der Waals surface area (Å²) in [6.07, 6.45) is 1.95. The van der Waals surface area contributed by atoms with Crippen molar-refractivity contribution in [2.24, 2.45) is 5.41 Å². The van der Waals surface area contributed by atoms with Gasteiger partial charge in [0, 0.05) is 5.41 Å². The van der Waals surface area contributed by atoms with E-state index in [2.05, 4.69) is 4.98 Å². The zero-order valence-corrected chi connectivity index (χ0v) is 14.0. The highest BCUT2D eigenvalue weighted by molar-refractivity contribution is 5.99. The fourth-order valence-electron chi connectivity index (χ4n) is 2.96. The van der Waals surface area contributed by atoms with Crippen LogP contribution in [0.1, 0.15) is 49.4 Å². The zero-order valence-electron chi connectivity index (χ0n) is 14.0. The number of anilines is 1.